The molecule has 0 saturated heterocycles. The molecule has 0 radical (unpaired) electrons. The molecule has 0 heterocycles. The van der Waals surface area contributed by atoms with Crippen molar-refractivity contribution in [1.29, 1.82) is 0 Å². The van der Waals surface area contributed by atoms with Crippen molar-refractivity contribution in [3.05, 3.63) is 53.1 Å². The van der Waals surface area contributed by atoms with Crippen LogP contribution in [0.5, 0.6) is 17.2 Å². The Kier molecular flexibility index (Phi) is 3.42. The Hall–Kier alpha value is -2.49. The van der Waals surface area contributed by atoms with Crippen LogP contribution in [0.1, 0.15) is 21.5 Å². The minimum absolute atomic E-state index is 0.114. The van der Waals surface area contributed by atoms with Crippen molar-refractivity contribution in [2.45, 2.75) is 13.8 Å². The predicted octanol–water partition coefficient (Wildman–Crippen LogP) is 2.90. The highest BCUT2D eigenvalue weighted by atomic mass is 16.5. The topological polar surface area (TPSA) is 72.6 Å². The van der Waals surface area contributed by atoms with E-state index in [0.717, 1.165) is 11.1 Å². The third kappa shape index (κ3) is 3.04. The fourth-order valence-electron chi connectivity index (χ4n) is 1.83. The fraction of sp³-hybridized carbons (Fsp3) is 0.133. The minimum Gasteiger partial charge on any atom is -0.508 e. The number of phenols is 1. The number of phenolic OH excluding ortho intramolecular Hbond substituents is 1. The van der Waals surface area contributed by atoms with Gasteiger partial charge in [0.2, 0.25) is 0 Å². The van der Waals surface area contributed by atoms with Gasteiger partial charge in [0.15, 0.2) is 0 Å². The maximum atomic E-state index is 11.3. The number of benzene rings is 2. The lowest BCUT2D eigenvalue weighted by atomic mass is 10.1. The summed E-state index contributed by atoms with van der Waals surface area (Å²) < 4.78 is 5.65. The average Bonchev–Trinajstić information content (AvgIpc) is 2.26. The molecule has 1 amide bonds. The van der Waals surface area contributed by atoms with Crippen LogP contribution >= 0.6 is 0 Å². The fourth-order valence-corrected chi connectivity index (χ4v) is 1.83. The summed E-state index contributed by atoms with van der Waals surface area (Å²) in [7, 11) is 0. The third-order valence-corrected chi connectivity index (χ3v) is 2.67. The van der Waals surface area contributed by atoms with Gasteiger partial charge in [-0.3, -0.25) is 4.79 Å². The molecule has 0 fully saturated rings. The molecule has 4 nitrogen and oxygen atoms in total. The molecule has 0 saturated carbocycles. The van der Waals surface area contributed by atoms with Gasteiger partial charge in [0.05, 0.1) is 5.56 Å². The van der Waals surface area contributed by atoms with E-state index in [1.54, 1.807) is 30.3 Å². The number of carbonyl (C=O) groups is 1. The van der Waals surface area contributed by atoms with Crippen molar-refractivity contribution in [2.75, 3.05) is 0 Å². The summed E-state index contributed by atoms with van der Waals surface area (Å²) in [5.74, 6) is 0.415. The first-order valence-electron chi connectivity index (χ1n) is 5.84. The molecule has 0 aromatic heterocycles. The number of aromatic hydroxyl groups is 1. The van der Waals surface area contributed by atoms with Crippen LogP contribution in [0.2, 0.25) is 0 Å². The summed E-state index contributed by atoms with van der Waals surface area (Å²) in [6.07, 6.45) is 0. The van der Waals surface area contributed by atoms with Gasteiger partial charge in [-0.05, 0) is 49.2 Å². The van der Waals surface area contributed by atoms with Crippen LogP contribution in [0, 0.1) is 13.8 Å². The van der Waals surface area contributed by atoms with Crippen LogP contribution in [0.25, 0.3) is 0 Å². The summed E-state index contributed by atoms with van der Waals surface area (Å²) in [5.41, 5.74) is 7.44. The quantitative estimate of drug-likeness (QED) is 0.888. The summed E-state index contributed by atoms with van der Waals surface area (Å²) >= 11 is 0. The molecule has 0 aliphatic rings. The van der Waals surface area contributed by atoms with Gasteiger partial charge >= 0.3 is 0 Å². The number of amides is 1. The van der Waals surface area contributed by atoms with Gasteiger partial charge in [0.25, 0.3) is 5.91 Å². The smallest absolute Gasteiger partial charge is 0.252 e. The van der Waals surface area contributed by atoms with Gasteiger partial charge in [-0.2, -0.15) is 0 Å². The normalized spacial score (nSPS) is 10.2. The molecule has 4 heteroatoms. The van der Waals surface area contributed by atoms with Crippen molar-refractivity contribution < 1.29 is 14.6 Å². The zero-order valence-corrected chi connectivity index (χ0v) is 10.8. The SMILES string of the molecule is Cc1cc(O)cc(Oc2cc(C)ccc2C(N)=O)c1. The van der Waals surface area contributed by atoms with E-state index in [0.29, 0.717) is 17.1 Å². The number of aryl methyl sites for hydroxylation is 2. The molecular weight excluding hydrogens is 242 g/mol. The number of nitrogens with two attached hydrogens (primary N) is 1. The van der Waals surface area contributed by atoms with Gasteiger partial charge in [0.1, 0.15) is 17.2 Å². The van der Waals surface area contributed by atoms with Crippen LogP contribution in [-0.2, 0) is 0 Å². The second-order valence-corrected chi connectivity index (χ2v) is 4.47. The van der Waals surface area contributed by atoms with Crippen molar-refractivity contribution in [3.63, 3.8) is 0 Å². The van der Waals surface area contributed by atoms with E-state index in [1.165, 1.54) is 6.07 Å². The van der Waals surface area contributed by atoms with E-state index in [9.17, 15) is 9.90 Å². The van der Waals surface area contributed by atoms with Crippen LogP contribution in [0.4, 0.5) is 0 Å². The molecule has 0 unspecified atom stereocenters. The van der Waals surface area contributed by atoms with Gasteiger partial charge < -0.3 is 15.6 Å². The van der Waals surface area contributed by atoms with Crippen LogP contribution < -0.4 is 10.5 Å². The first-order chi connectivity index (χ1) is 8.95. The van der Waals surface area contributed by atoms with Crippen LogP contribution in [0.3, 0.4) is 0 Å². The third-order valence-electron chi connectivity index (χ3n) is 2.67. The predicted molar refractivity (Wildman–Crippen MR) is 72.6 cm³/mol. The van der Waals surface area contributed by atoms with E-state index >= 15 is 0 Å². The lowest BCUT2D eigenvalue weighted by Crippen LogP contribution is -2.12. The van der Waals surface area contributed by atoms with Crippen molar-refractivity contribution in [1.82, 2.24) is 0 Å². The number of hydrogen-bond acceptors (Lipinski definition) is 3. The van der Waals surface area contributed by atoms with Crippen molar-refractivity contribution in [2.24, 2.45) is 5.73 Å². The Morgan fingerprint density at radius 2 is 1.84 bits per heavy atom. The zero-order valence-electron chi connectivity index (χ0n) is 10.8. The molecule has 2 aromatic carbocycles. The molecule has 19 heavy (non-hydrogen) atoms. The Morgan fingerprint density at radius 3 is 2.47 bits per heavy atom. The Labute approximate surface area is 111 Å². The molecule has 3 N–H and O–H groups in total. The maximum Gasteiger partial charge on any atom is 0.252 e. The summed E-state index contributed by atoms with van der Waals surface area (Å²) in [6, 6.07) is 10.0. The highest BCUT2D eigenvalue weighted by molar-refractivity contribution is 5.95. The Balaban J connectivity index is 2.42. The molecular formula is C15H15NO3. The van der Waals surface area contributed by atoms with Crippen molar-refractivity contribution >= 4 is 5.91 Å². The van der Waals surface area contributed by atoms with Gasteiger partial charge in [0, 0.05) is 6.07 Å². The second kappa shape index (κ2) is 5.02. The van der Waals surface area contributed by atoms with E-state index in [4.69, 9.17) is 10.5 Å². The van der Waals surface area contributed by atoms with Gasteiger partial charge in [-0.1, -0.05) is 6.07 Å². The van der Waals surface area contributed by atoms with E-state index in [2.05, 4.69) is 0 Å². The van der Waals surface area contributed by atoms with Crippen LogP contribution in [0.15, 0.2) is 36.4 Å². The van der Waals surface area contributed by atoms with Gasteiger partial charge in [-0.25, -0.2) is 0 Å². The standard InChI is InChI=1S/C15H15NO3/c1-9-3-4-13(15(16)18)14(7-9)19-12-6-10(2)5-11(17)8-12/h3-8,17H,1-2H3,(H2,16,18). The van der Waals surface area contributed by atoms with E-state index < -0.39 is 5.91 Å². The van der Waals surface area contributed by atoms with Crippen molar-refractivity contribution in [3.8, 4) is 17.2 Å². The molecule has 0 bridgehead atoms. The average molecular weight is 257 g/mol. The Morgan fingerprint density at radius 1 is 1.11 bits per heavy atom. The number of carbonyl (C=O) groups excluding carboxylic acids is 1. The monoisotopic (exact) mass is 257 g/mol. The second-order valence-electron chi connectivity index (χ2n) is 4.47. The maximum absolute atomic E-state index is 11.3. The molecule has 0 aliphatic carbocycles. The van der Waals surface area contributed by atoms with E-state index in [-0.39, 0.29) is 5.75 Å². The molecule has 0 aliphatic heterocycles. The first kappa shape index (κ1) is 13.0. The molecule has 0 atom stereocenters. The summed E-state index contributed by atoms with van der Waals surface area (Å²) in [5, 5.41) is 9.53. The summed E-state index contributed by atoms with van der Waals surface area (Å²) in [6.45, 7) is 3.74. The minimum atomic E-state index is -0.549. The first-order valence-corrected chi connectivity index (χ1v) is 5.84. The lowest BCUT2D eigenvalue weighted by Gasteiger charge is -2.11. The number of rotatable bonds is 3. The molecule has 98 valence electrons. The highest BCUT2D eigenvalue weighted by Gasteiger charge is 2.11. The Bertz CT molecular complexity index is 615. The number of primary amides is 1. The zero-order chi connectivity index (χ0) is 14.0. The number of ether oxygens (including phenoxy) is 1. The molecule has 2 rings (SSSR count). The lowest BCUT2D eigenvalue weighted by molar-refractivity contribution is 0.0998. The number of hydrogen-bond donors (Lipinski definition) is 2. The molecule has 0 spiro atoms. The molecule has 2 aromatic rings. The van der Waals surface area contributed by atoms with Crippen LogP contribution in [-0.4, -0.2) is 11.0 Å². The van der Waals surface area contributed by atoms with Gasteiger partial charge in [-0.15, -0.1) is 0 Å². The van der Waals surface area contributed by atoms with E-state index in [1.807, 2.05) is 13.8 Å². The highest BCUT2D eigenvalue weighted by Crippen LogP contribution is 2.29. The summed E-state index contributed by atoms with van der Waals surface area (Å²) in [4.78, 5) is 11.3. The largest absolute Gasteiger partial charge is 0.508 e.